The van der Waals surface area contributed by atoms with Gasteiger partial charge in [0.05, 0.1) is 34.3 Å². The standard InChI is InChI=1S/C32H31ClN4O4/c1-17-13-21(19(3)36-23-8-10-25(33)37-26(23)30(39)41-31(4,5)6)29-22(14-17)27(38)18(2)28(40-29)20-7-9-24(35-15-20)32(16-34)11-12-32/h7-10,13-15,19,36H,11-12H2,1-6H3. The Morgan fingerprint density at radius 3 is 2.54 bits per heavy atom. The third-order valence-electron chi connectivity index (χ3n) is 7.16. The second-order valence-electron chi connectivity index (χ2n) is 11.6. The molecule has 210 valence electrons. The van der Waals surface area contributed by atoms with E-state index in [1.807, 2.05) is 38.1 Å². The Morgan fingerprint density at radius 1 is 1.20 bits per heavy atom. The number of nitrogens with one attached hydrogen (secondary N) is 1. The number of carbonyl (C=O) groups excluding carboxylic acids is 1. The van der Waals surface area contributed by atoms with Crippen molar-refractivity contribution in [3.05, 3.63) is 86.0 Å². The number of carbonyl (C=O) groups is 1. The molecular formula is C32H31ClN4O4. The van der Waals surface area contributed by atoms with Crippen LogP contribution in [0.2, 0.25) is 5.15 Å². The highest BCUT2D eigenvalue weighted by atomic mass is 35.5. The summed E-state index contributed by atoms with van der Waals surface area (Å²) in [4.78, 5) is 35.3. The lowest BCUT2D eigenvalue weighted by atomic mass is 9.98. The number of halogens is 1. The molecule has 1 aliphatic rings. The predicted octanol–water partition coefficient (Wildman–Crippen LogP) is 7.20. The minimum Gasteiger partial charge on any atom is -0.455 e. The van der Waals surface area contributed by atoms with Crippen molar-refractivity contribution in [3.8, 4) is 17.4 Å². The number of hydrogen-bond acceptors (Lipinski definition) is 8. The molecule has 0 bridgehead atoms. The highest BCUT2D eigenvalue weighted by Gasteiger charge is 2.46. The monoisotopic (exact) mass is 570 g/mol. The summed E-state index contributed by atoms with van der Waals surface area (Å²) < 4.78 is 12.0. The maximum atomic E-state index is 13.6. The number of aryl methyl sites for hydroxylation is 1. The van der Waals surface area contributed by atoms with Gasteiger partial charge in [-0.05, 0) is 90.3 Å². The van der Waals surface area contributed by atoms with Gasteiger partial charge in [-0.1, -0.05) is 17.7 Å². The number of aromatic nitrogens is 2. The van der Waals surface area contributed by atoms with E-state index in [0.717, 1.165) is 29.7 Å². The van der Waals surface area contributed by atoms with E-state index in [0.29, 0.717) is 33.5 Å². The fraction of sp³-hybridized carbons (Fsp3) is 0.344. The van der Waals surface area contributed by atoms with Crippen LogP contribution in [0.1, 0.15) is 79.5 Å². The van der Waals surface area contributed by atoms with Crippen LogP contribution in [0.15, 0.2) is 51.8 Å². The highest BCUT2D eigenvalue weighted by Crippen LogP contribution is 2.46. The SMILES string of the molecule is Cc1cc(C(C)Nc2ccc(Cl)nc2C(=O)OC(C)(C)C)c2oc(-c3ccc(C4(C#N)CC4)nc3)c(C)c(=O)c2c1. The van der Waals surface area contributed by atoms with E-state index in [9.17, 15) is 14.9 Å². The minimum absolute atomic E-state index is 0.0613. The molecular weight excluding hydrogens is 540 g/mol. The molecule has 1 N–H and O–H groups in total. The zero-order valence-corrected chi connectivity index (χ0v) is 24.6. The normalized spacial score (nSPS) is 14.8. The van der Waals surface area contributed by atoms with Crippen LogP contribution >= 0.6 is 11.6 Å². The maximum Gasteiger partial charge on any atom is 0.359 e. The van der Waals surface area contributed by atoms with Gasteiger partial charge in [-0.25, -0.2) is 9.78 Å². The summed E-state index contributed by atoms with van der Waals surface area (Å²) in [5.74, 6) is -0.183. The number of nitriles is 1. The first-order valence-electron chi connectivity index (χ1n) is 13.4. The lowest BCUT2D eigenvalue weighted by Gasteiger charge is -2.22. The summed E-state index contributed by atoms with van der Waals surface area (Å²) >= 11 is 6.12. The van der Waals surface area contributed by atoms with Crippen LogP contribution in [0.5, 0.6) is 0 Å². The number of nitrogens with zero attached hydrogens (tertiary/aromatic N) is 3. The predicted molar refractivity (Wildman–Crippen MR) is 158 cm³/mol. The summed E-state index contributed by atoms with van der Waals surface area (Å²) in [6.07, 6.45) is 3.25. The Morgan fingerprint density at radius 2 is 1.93 bits per heavy atom. The van der Waals surface area contributed by atoms with E-state index in [1.54, 1.807) is 46.0 Å². The molecule has 1 atom stereocenters. The Hall–Kier alpha value is -4.22. The maximum absolute atomic E-state index is 13.6. The number of anilines is 1. The van der Waals surface area contributed by atoms with E-state index in [1.165, 1.54) is 0 Å². The van der Waals surface area contributed by atoms with Gasteiger partial charge in [0.2, 0.25) is 0 Å². The first-order valence-corrected chi connectivity index (χ1v) is 13.8. The number of esters is 1. The van der Waals surface area contributed by atoms with E-state index in [4.69, 9.17) is 20.8 Å². The van der Waals surface area contributed by atoms with Crippen molar-refractivity contribution in [3.63, 3.8) is 0 Å². The summed E-state index contributed by atoms with van der Waals surface area (Å²) in [7, 11) is 0. The Kier molecular flexibility index (Phi) is 7.12. The topological polar surface area (TPSA) is 118 Å². The van der Waals surface area contributed by atoms with Crippen molar-refractivity contribution in [1.82, 2.24) is 9.97 Å². The molecule has 8 nitrogen and oxygen atoms in total. The van der Waals surface area contributed by atoms with Gasteiger partial charge in [-0.3, -0.25) is 9.78 Å². The average molecular weight is 571 g/mol. The fourth-order valence-electron chi connectivity index (χ4n) is 4.87. The van der Waals surface area contributed by atoms with E-state index in [2.05, 4.69) is 21.4 Å². The van der Waals surface area contributed by atoms with E-state index >= 15 is 0 Å². The lowest BCUT2D eigenvalue weighted by Crippen LogP contribution is -2.25. The molecule has 1 unspecified atom stereocenters. The third kappa shape index (κ3) is 5.55. The molecule has 0 amide bonds. The number of rotatable bonds is 6. The summed E-state index contributed by atoms with van der Waals surface area (Å²) in [6, 6.07) is 12.7. The van der Waals surface area contributed by atoms with Gasteiger partial charge < -0.3 is 14.5 Å². The van der Waals surface area contributed by atoms with Crippen molar-refractivity contribution in [2.75, 3.05) is 5.32 Å². The third-order valence-corrected chi connectivity index (χ3v) is 7.37. The number of ether oxygens (including phenoxy) is 1. The van der Waals surface area contributed by atoms with Crippen molar-refractivity contribution in [1.29, 1.82) is 5.26 Å². The Labute approximate surface area is 243 Å². The second-order valence-corrected chi connectivity index (χ2v) is 12.0. The molecule has 5 rings (SSSR count). The van der Waals surface area contributed by atoms with Gasteiger partial charge in [0, 0.05) is 22.9 Å². The van der Waals surface area contributed by atoms with Gasteiger partial charge >= 0.3 is 5.97 Å². The van der Waals surface area contributed by atoms with E-state index < -0.39 is 23.0 Å². The van der Waals surface area contributed by atoms with Crippen LogP contribution in [0.3, 0.4) is 0 Å². The van der Waals surface area contributed by atoms with Crippen LogP contribution in [-0.4, -0.2) is 21.5 Å². The summed E-state index contributed by atoms with van der Waals surface area (Å²) in [5.41, 5.74) is 3.05. The first kappa shape index (κ1) is 28.3. The molecule has 3 heterocycles. The van der Waals surface area contributed by atoms with Crippen LogP contribution < -0.4 is 10.7 Å². The number of pyridine rings is 2. The lowest BCUT2D eigenvalue weighted by molar-refractivity contribution is 0.00640. The van der Waals surface area contributed by atoms with Crippen molar-refractivity contribution in [2.24, 2.45) is 0 Å². The van der Waals surface area contributed by atoms with Crippen molar-refractivity contribution >= 4 is 34.2 Å². The van der Waals surface area contributed by atoms with Gasteiger partial charge in [-0.2, -0.15) is 5.26 Å². The van der Waals surface area contributed by atoms with Crippen LogP contribution in [0.25, 0.3) is 22.3 Å². The van der Waals surface area contributed by atoms with Gasteiger partial charge in [-0.15, -0.1) is 0 Å². The second kappa shape index (κ2) is 10.3. The fourth-order valence-corrected chi connectivity index (χ4v) is 5.02. The van der Waals surface area contributed by atoms with Crippen LogP contribution in [0, 0.1) is 25.2 Å². The molecule has 0 saturated heterocycles. The van der Waals surface area contributed by atoms with Gasteiger partial charge in [0.1, 0.15) is 22.1 Å². The highest BCUT2D eigenvalue weighted by molar-refractivity contribution is 6.29. The molecule has 1 saturated carbocycles. The molecule has 9 heteroatoms. The summed E-state index contributed by atoms with van der Waals surface area (Å²) in [5, 5.41) is 13.5. The molecule has 0 spiro atoms. The van der Waals surface area contributed by atoms with Gasteiger partial charge in [0.15, 0.2) is 11.1 Å². The molecule has 0 aliphatic heterocycles. The largest absolute Gasteiger partial charge is 0.455 e. The number of fused-ring (bicyclic) bond motifs is 1. The van der Waals surface area contributed by atoms with Crippen molar-refractivity contribution in [2.45, 2.75) is 71.4 Å². The Balaban J connectivity index is 1.57. The molecule has 1 aliphatic carbocycles. The minimum atomic E-state index is -0.713. The zero-order valence-electron chi connectivity index (χ0n) is 23.9. The molecule has 3 aromatic heterocycles. The van der Waals surface area contributed by atoms with Crippen LogP contribution in [0.4, 0.5) is 5.69 Å². The molecule has 4 aromatic rings. The quantitative estimate of drug-likeness (QED) is 0.191. The number of benzene rings is 1. The van der Waals surface area contributed by atoms with Crippen molar-refractivity contribution < 1.29 is 13.9 Å². The zero-order chi connectivity index (χ0) is 29.7. The Bertz CT molecular complexity index is 1780. The average Bonchev–Trinajstić information content (AvgIpc) is 3.72. The molecule has 1 aromatic carbocycles. The summed E-state index contributed by atoms with van der Waals surface area (Å²) in [6.45, 7) is 10.9. The van der Waals surface area contributed by atoms with E-state index in [-0.39, 0.29) is 16.3 Å². The molecule has 0 radical (unpaired) electrons. The van der Waals surface area contributed by atoms with Gasteiger partial charge in [0.25, 0.3) is 0 Å². The molecule has 1 fully saturated rings. The number of hydrogen-bond donors (Lipinski definition) is 1. The smallest absolute Gasteiger partial charge is 0.359 e. The molecule has 41 heavy (non-hydrogen) atoms. The van der Waals surface area contributed by atoms with Crippen LogP contribution in [-0.2, 0) is 10.2 Å². The first-order chi connectivity index (χ1) is 19.3.